The predicted molar refractivity (Wildman–Crippen MR) is 103 cm³/mol. The van der Waals surface area contributed by atoms with E-state index in [1.807, 2.05) is 9.80 Å². The Hall–Kier alpha value is -2.31. The van der Waals surface area contributed by atoms with Crippen molar-refractivity contribution in [3.8, 4) is 0 Å². The Labute approximate surface area is 165 Å². The lowest BCUT2D eigenvalue weighted by molar-refractivity contribution is -0.143. The highest BCUT2D eigenvalue weighted by molar-refractivity contribution is 5.95. The topological polar surface area (TPSA) is 74.1 Å². The Kier molecular flexibility index (Phi) is 5.69. The smallest absolute Gasteiger partial charge is 0.290 e. The van der Waals surface area contributed by atoms with E-state index in [0.717, 1.165) is 51.6 Å². The van der Waals surface area contributed by atoms with Crippen molar-refractivity contribution in [1.29, 1.82) is 0 Å². The summed E-state index contributed by atoms with van der Waals surface area (Å²) in [5.41, 5.74) is 0. The monoisotopic (exact) mass is 387 g/mol. The number of piperidine rings is 2. The minimum Gasteiger partial charge on any atom is -0.459 e. The summed E-state index contributed by atoms with van der Waals surface area (Å²) in [6.45, 7) is 3.54. The van der Waals surface area contributed by atoms with Gasteiger partial charge in [-0.25, -0.2) is 0 Å². The van der Waals surface area contributed by atoms with Crippen LogP contribution in [0.15, 0.2) is 22.8 Å². The number of rotatable bonds is 3. The molecule has 3 fully saturated rings. The first-order chi connectivity index (χ1) is 13.6. The van der Waals surface area contributed by atoms with Crippen LogP contribution in [0.4, 0.5) is 0 Å². The number of nitrogens with zero attached hydrogens (tertiary/aromatic N) is 3. The second-order valence-electron chi connectivity index (χ2n) is 8.12. The van der Waals surface area contributed by atoms with Crippen LogP contribution in [0.1, 0.15) is 55.5 Å². The fourth-order valence-corrected chi connectivity index (χ4v) is 4.73. The van der Waals surface area contributed by atoms with E-state index >= 15 is 0 Å². The molecule has 1 aromatic rings. The van der Waals surface area contributed by atoms with E-state index < -0.39 is 6.04 Å². The van der Waals surface area contributed by atoms with Crippen LogP contribution in [-0.4, -0.2) is 71.2 Å². The van der Waals surface area contributed by atoms with Crippen molar-refractivity contribution in [2.75, 3.05) is 32.7 Å². The molecule has 0 bridgehead atoms. The minimum absolute atomic E-state index is 0.0201. The quantitative estimate of drug-likeness (QED) is 0.796. The van der Waals surface area contributed by atoms with E-state index in [0.29, 0.717) is 26.1 Å². The first kappa shape index (κ1) is 19.0. The van der Waals surface area contributed by atoms with Crippen molar-refractivity contribution < 1.29 is 18.8 Å². The number of hydrogen-bond donors (Lipinski definition) is 0. The van der Waals surface area contributed by atoms with Gasteiger partial charge in [-0.05, 0) is 57.1 Å². The zero-order valence-electron chi connectivity index (χ0n) is 16.3. The number of hydrogen-bond acceptors (Lipinski definition) is 4. The van der Waals surface area contributed by atoms with Crippen LogP contribution in [0.3, 0.4) is 0 Å². The first-order valence-electron chi connectivity index (χ1n) is 10.6. The third-order valence-electron chi connectivity index (χ3n) is 6.35. The van der Waals surface area contributed by atoms with Gasteiger partial charge >= 0.3 is 0 Å². The average Bonchev–Trinajstić information content (AvgIpc) is 3.46. The molecule has 0 N–H and O–H groups in total. The predicted octanol–water partition coefficient (Wildman–Crippen LogP) is 2.14. The molecule has 4 rings (SSSR count). The summed E-state index contributed by atoms with van der Waals surface area (Å²) < 4.78 is 5.25. The SMILES string of the molecule is O=C(C1CCN(C(=O)C2CCCCN2C(=O)c2ccco2)CC1)N1CCCC1. The normalized spacial score (nSPS) is 23.9. The minimum atomic E-state index is -0.419. The largest absolute Gasteiger partial charge is 0.459 e. The molecular formula is C21H29N3O4. The van der Waals surface area contributed by atoms with E-state index in [-0.39, 0.29) is 29.4 Å². The highest BCUT2D eigenvalue weighted by atomic mass is 16.3. The Morgan fingerprint density at radius 2 is 1.50 bits per heavy atom. The number of carbonyl (C=O) groups excluding carboxylic acids is 3. The molecule has 28 heavy (non-hydrogen) atoms. The maximum absolute atomic E-state index is 13.2. The molecule has 7 heteroatoms. The second-order valence-corrected chi connectivity index (χ2v) is 8.12. The van der Waals surface area contributed by atoms with Crippen molar-refractivity contribution in [2.45, 2.75) is 51.0 Å². The second kappa shape index (κ2) is 8.37. The molecule has 3 aliphatic rings. The number of carbonyl (C=O) groups is 3. The summed E-state index contributed by atoms with van der Waals surface area (Å²) in [6, 6.07) is 2.92. The van der Waals surface area contributed by atoms with Gasteiger partial charge in [0.15, 0.2) is 5.76 Å². The summed E-state index contributed by atoms with van der Waals surface area (Å²) in [6.07, 6.45) is 7.67. The lowest BCUT2D eigenvalue weighted by Crippen LogP contribution is -2.55. The third kappa shape index (κ3) is 3.80. The molecule has 1 aromatic heterocycles. The van der Waals surface area contributed by atoms with Gasteiger partial charge in [-0.1, -0.05) is 0 Å². The van der Waals surface area contributed by atoms with E-state index in [1.54, 1.807) is 17.0 Å². The van der Waals surface area contributed by atoms with E-state index in [4.69, 9.17) is 4.42 Å². The van der Waals surface area contributed by atoms with Crippen LogP contribution >= 0.6 is 0 Å². The molecule has 0 saturated carbocycles. The molecule has 1 unspecified atom stereocenters. The van der Waals surface area contributed by atoms with Gasteiger partial charge in [0.1, 0.15) is 6.04 Å². The van der Waals surface area contributed by atoms with E-state index in [9.17, 15) is 14.4 Å². The van der Waals surface area contributed by atoms with Crippen molar-refractivity contribution in [3.05, 3.63) is 24.2 Å². The maximum atomic E-state index is 13.2. The van der Waals surface area contributed by atoms with Crippen LogP contribution in [0.5, 0.6) is 0 Å². The number of likely N-dealkylation sites (tertiary alicyclic amines) is 3. The highest BCUT2D eigenvalue weighted by Crippen LogP contribution is 2.26. The molecule has 0 spiro atoms. The van der Waals surface area contributed by atoms with Gasteiger partial charge in [-0.15, -0.1) is 0 Å². The average molecular weight is 387 g/mol. The summed E-state index contributed by atoms with van der Waals surface area (Å²) >= 11 is 0. The fourth-order valence-electron chi connectivity index (χ4n) is 4.73. The molecule has 7 nitrogen and oxygen atoms in total. The third-order valence-corrected chi connectivity index (χ3v) is 6.35. The molecular weight excluding hydrogens is 358 g/mol. The molecule has 0 aromatic carbocycles. The fraction of sp³-hybridized carbons (Fsp3) is 0.667. The highest BCUT2D eigenvalue weighted by Gasteiger charge is 2.38. The standard InChI is InChI=1S/C21H29N3O4/c25-19(22-10-3-4-11-22)16-8-13-23(14-9-16)20(26)17-6-1-2-12-24(17)21(27)18-7-5-15-28-18/h5,7,15-17H,1-4,6,8-14H2. The Bertz CT molecular complexity index is 703. The first-order valence-corrected chi connectivity index (χ1v) is 10.6. The summed E-state index contributed by atoms with van der Waals surface area (Å²) in [7, 11) is 0. The van der Waals surface area contributed by atoms with Gasteiger partial charge in [0.2, 0.25) is 11.8 Å². The maximum Gasteiger partial charge on any atom is 0.290 e. The lowest BCUT2D eigenvalue weighted by Gasteiger charge is -2.39. The molecule has 1 atom stereocenters. The van der Waals surface area contributed by atoms with E-state index in [2.05, 4.69) is 0 Å². The summed E-state index contributed by atoms with van der Waals surface area (Å²) in [5.74, 6) is 0.398. The molecule has 0 aliphatic carbocycles. The number of amides is 3. The zero-order chi connectivity index (χ0) is 19.5. The van der Waals surface area contributed by atoms with Crippen LogP contribution < -0.4 is 0 Å². The van der Waals surface area contributed by atoms with Crippen molar-refractivity contribution in [2.24, 2.45) is 5.92 Å². The Morgan fingerprint density at radius 3 is 2.18 bits per heavy atom. The van der Waals surface area contributed by atoms with Crippen molar-refractivity contribution >= 4 is 17.7 Å². The molecule has 152 valence electrons. The Morgan fingerprint density at radius 1 is 0.821 bits per heavy atom. The molecule has 4 heterocycles. The van der Waals surface area contributed by atoms with Crippen molar-refractivity contribution in [3.63, 3.8) is 0 Å². The van der Waals surface area contributed by atoms with Crippen LogP contribution in [-0.2, 0) is 9.59 Å². The van der Waals surface area contributed by atoms with E-state index in [1.165, 1.54) is 6.26 Å². The van der Waals surface area contributed by atoms with Gasteiger partial charge < -0.3 is 19.1 Å². The van der Waals surface area contributed by atoms with Gasteiger partial charge in [-0.2, -0.15) is 0 Å². The molecule has 0 radical (unpaired) electrons. The molecule has 3 saturated heterocycles. The lowest BCUT2D eigenvalue weighted by atomic mass is 9.93. The summed E-state index contributed by atoms with van der Waals surface area (Å²) in [5, 5.41) is 0. The zero-order valence-corrected chi connectivity index (χ0v) is 16.3. The van der Waals surface area contributed by atoms with Crippen LogP contribution in [0.2, 0.25) is 0 Å². The van der Waals surface area contributed by atoms with Crippen LogP contribution in [0.25, 0.3) is 0 Å². The van der Waals surface area contributed by atoms with Gasteiger partial charge in [0.25, 0.3) is 5.91 Å². The van der Waals surface area contributed by atoms with Gasteiger partial charge in [0.05, 0.1) is 6.26 Å². The molecule has 3 amide bonds. The van der Waals surface area contributed by atoms with Crippen LogP contribution in [0, 0.1) is 5.92 Å². The van der Waals surface area contributed by atoms with Gasteiger partial charge in [0, 0.05) is 38.6 Å². The van der Waals surface area contributed by atoms with Gasteiger partial charge in [-0.3, -0.25) is 14.4 Å². The Balaban J connectivity index is 1.37. The summed E-state index contributed by atoms with van der Waals surface area (Å²) in [4.78, 5) is 44.1. The number of furan rings is 1. The molecule has 3 aliphatic heterocycles. The van der Waals surface area contributed by atoms with Crippen molar-refractivity contribution in [1.82, 2.24) is 14.7 Å².